The van der Waals surface area contributed by atoms with Crippen LogP contribution in [0.4, 0.5) is 0 Å². The molecule has 1 aliphatic rings. The van der Waals surface area contributed by atoms with E-state index in [4.69, 9.17) is 18.9 Å². The van der Waals surface area contributed by atoms with Gasteiger partial charge in [0.15, 0.2) is 0 Å². The molecule has 0 amide bonds. The predicted molar refractivity (Wildman–Crippen MR) is 75.4 cm³/mol. The number of hydrogen-bond donors (Lipinski definition) is 3. The molecule has 1 saturated heterocycles. The molecule has 4 atom stereocenters. The first kappa shape index (κ1) is 21.4. The molecule has 0 bridgehead atoms. The summed E-state index contributed by atoms with van der Waals surface area (Å²) in [6.45, 7) is 2.30. The van der Waals surface area contributed by atoms with Gasteiger partial charge in [-0.3, -0.25) is 16.0 Å². The van der Waals surface area contributed by atoms with Crippen molar-refractivity contribution >= 4 is 0 Å². The van der Waals surface area contributed by atoms with Crippen molar-refractivity contribution in [3.63, 3.8) is 0 Å². The molecular weight excluding hydrogens is 312 g/mol. The van der Waals surface area contributed by atoms with Gasteiger partial charge in [-0.15, -0.1) is 6.54 Å². The maximum atomic E-state index is 5.36. The molecule has 1 fully saturated rings. The van der Waals surface area contributed by atoms with Crippen LogP contribution in [-0.2, 0) is 40.7 Å². The van der Waals surface area contributed by atoms with Gasteiger partial charge in [-0.1, -0.05) is 0 Å². The van der Waals surface area contributed by atoms with Gasteiger partial charge in [-0.2, -0.15) is 0 Å². The maximum absolute atomic E-state index is 5.36. The number of rotatable bonds is 4. The topological polar surface area (TPSA) is 87.1 Å². The molecule has 0 aliphatic carbocycles. The summed E-state index contributed by atoms with van der Waals surface area (Å²) in [5, 5.41) is 14.2. The van der Waals surface area contributed by atoms with Crippen molar-refractivity contribution in [3.8, 4) is 0 Å². The van der Waals surface area contributed by atoms with E-state index in [-0.39, 0.29) is 46.6 Å². The van der Waals surface area contributed by atoms with Crippen molar-refractivity contribution < 1.29 is 40.7 Å². The van der Waals surface area contributed by atoms with E-state index in [1.807, 2.05) is 0 Å². The van der Waals surface area contributed by atoms with Crippen LogP contribution >= 0.6 is 0 Å². The van der Waals surface area contributed by atoms with Crippen molar-refractivity contribution in [2.75, 3.05) is 54.6 Å². The Morgan fingerprint density at radius 3 is 1.67 bits per heavy atom. The average Bonchev–Trinajstić information content (AvgIpc) is 2.48. The molecule has 9 heteroatoms. The average molecular weight is 339 g/mol. The second kappa shape index (κ2) is 12.9. The number of nitrogens with one attached hydrogen (secondary N) is 3. The first-order chi connectivity index (χ1) is 9.73. The van der Waals surface area contributed by atoms with Gasteiger partial charge in [0.05, 0.1) is 6.23 Å². The van der Waals surface area contributed by atoms with E-state index in [9.17, 15) is 0 Å². The first-order valence-electron chi connectivity index (χ1n) is 6.71. The second-order valence-corrected chi connectivity index (χ2v) is 4.45. The molecule has 0 saturated carbocycles. The third-order valence-electron chi connectivity index (χ3n) is 3.18. The minimum atomic E-state index is -0.232. The van der Waals surface area contributed by atoms with Crippen molar-refractivity contribution in [3.05, 3.63) is 5.32 Å². The molecule has 4 unspecified atom stereocenters. The van der Waals surface area contributed by atoms with Crippen molar-refractivity contribution in [2.45, 2.75) is 24.9 Å². The van der Waals surface area contributed by atoms with E-state index in [0.717, 1.165) is 0 Å². The quantitative estimate of drug-likeness (QED) is 0.568. The van der Waals surface area contributed by atoms with E-state index < -0.39 is 0 Å². The third-order valence-corrected chi connectivity index (χ3v) is 3.18. The fourth-order valence-electron chi connectivity index (χ4n) is 1.85. The van der Waals surface area contributed by atoms with E-state index in [1.54, 1.807) is 28.4 Å². The summed E-state index contributed by atoms with van der Waals surface area (Å²) in [6.07, 6.45) is -0.641. The third kappa shape index (κ3) is 8.56. The molecule has 1 aliphatic heterocycles. The van der Waals surface area contributed by atoms with E-state index in [1.165, 1.54) is 0 Å². The van der Waals surface area contributed by atoms with Crippen molar-refractivity contribution in [2.24, 2.45) is 0 Å². The molecule has 0 aromatic carbocycles. The van der Waals surface area contributed by atoms with Gasteiger partial charge < -0.3 is 24.3 Å². The smallest absolute Gasteiger partial charge is 0.120 e. The van der Waals surface area contributed by atoms with Crippen molar-refractivity contribution in [1.82, 2.24) is 16.0 Å². The maximum Gasteiger partial charge on any atom is 0.120 e. The van der Waals surface area contributed by atoms with Gasteiger partial charge in [0.2, 0.25) is 0 Å². The van der Waals surface area contributed by atoms with Crippen molar-refractivity contribution in [1.29, 1.82) is 0 Å². The molecule has 0 spiro atoms. The number of ether oxygens (including phenoxy) is 4. The summed E-state index contributed by atoms with van der Waals surface area (Å²) in [5.74, 6) is 0. The minimum absolute atomic E-state index is 0. The number of nitrogens with zero attached hydrogens (tertiary/aromatic N) is 1. The fraction of sp³-hybridized carbons (Fsp3) is 1.00. The normalized spacial score (nSPS) is 32.6. The van der Waals surface area contributed by atoms with Crippen LogP contribution in [0.3, 0.4) is 0 Å². The van der Waals surface area contributed by atoms with Crippen LogP contribution in [0.5, 0.6) is 0 Å². The Morgan fingerprint density at radius 1 is 0.714 bits per heavy atom. The summed E-state index contributed by atoms with van der Waals surface area (Å²) in [5.41, 5.74) is 0. The Morgan fingerprint density at radius 2 is 1.19 bits per heavy atom. The summed E-state index contributed by atoms with van der Waals surface area (Å²) in [4.78, 5) is 0. The summed E-state index contributed by atoms with van der Waals surface area (Å²) < 4.78 is 21.4. The molecule has 0 aromatic rings. The summed E-state index contributed by atoms with van der Waals surface area (Å²) in [6, 6.07) is 0. The van der Waals surface area contributed by atoms with Crippen LogP contribution in [0.15, 0.2) is 0 Å². The van der Waals surface area contributed by atoms with Gasteiger partial charge in [0, 0.05) is 69.8 Å². The Balaban J connectivity index is 0.00000400. The predicted octanol–water partition coefficient (Wildman–Crippen LogP) is -0.970. The number of hydrogen-bond acceptors (Lipinski definition) is 7. The minimum Gasteiger partial charge on any atom is -0.632 e. The van der Waals surface area contributed by atoms with Crippen LogP contribution in [0.1, 0.15) is 0 Å². The molecule has 1 heterocycles. The Bertz CT molecular complexity index is 189. The zero-order valence-electron chi connectivity index (χ0n) is 13.2. The van der Waals surface area contributed by atoms with Gasteiger partial charge in [0.1, 0.15) is 12.5 Å². The molecule has 3 N–H and O–H groups in total. The van der Waals surface area contributed by atoms with E-state index in [0.29, 0.717) is 26.2 Å². The number of methoxy groups -OCH3 is 4. The molecule has 21 heavy (non-hydrogen) atoms. The molecular formula is C12H27N4O4Ti-. The zero-order valence-corrected chi connectivity index (χ0v) is 14.8. The van der Waals surface area contributed by atoms with Gasteiger partial charge in [-0.25, -0.2) is 0 Å². The molecule has 0 radical (unpaired) electrons. The second-order valence-electron chi connectivity index (χ2n) is 4.45. The van der Waals surface area contributed by atoms with Crippen LogP contribution in [0, 0.1) is 0 Å². The SMILES string of the molecule is COC1CNC(OC)CNC(OC)CNC(OC)C[N-]1.[Ti]. The monoisotopic (exact) mass is 339 g/mol. The van der Waals surface area contributed by atoms with E-state index >= 15 is 0 Å². The Labute approximate surface area is 141 Å². The standard InChI is InChI=1S/C12H27N4O4.Ti/c1-17-9-5-14-11(19-3)7-16-12(20-4)8-15-10(18-2)6-13-9;/h9-15H,5-8H2,1-4H3;/q-1;. The molecule has 8 nitrogen and oxygen atoms in total. The fourth-order valence-corrected chi connectivity index (χ4v) is 1.85. The van der Waals surface area contributed by atoms with Crippen LogP contribution in [-0.4, -0.2) is 79.5 Å². The Kier molecular flexibility index (Phi) is 13.1. The van der Waals surface area contributed by atoms with Gasteiger partial charge in [0.25, 0.3) is 0 Å². The van der Waals surface area contributed by atoms with Crippen LogP contribution in [0.25, 0.3) is 5.32 Å². The largest absolute Gasteiger partial charge is 0.632 e. The zero-order chi connectivity index (χ0) is 14.8. The molecule has 1 rings (SSSR count). The summed E-state index contributed by atoms with van der Waals surface area (Å²) >= 11 is 0. The molecule has 124 valence electrons. The van der Waals surface area contributed by atoms with Gasteiger partial charge in [-0.05, 0) is 6.23 Å². The van der Waals surface area contributed by atoms with Crippen LogP contribution < -0.4 is 16.0 Å². The van der Waals surface area contributed by atoms with E-state index in [2.05, 4.69) is 21.3 Å². The Hall–Kier alpha value is 0.394. The molecule has 0 aromatic heterocycles. The first-order valence-corrected chi connectivity index (χ1v) is 6.71. The summed E-state index contributed by atoms with van der Waals surface area (Å²) in [7, 11) is 6.60. The van der Waals surface area contributed by atoms with Gasteiger partial charge >= 0.3 is 0 Å². The van der Waals surface area contributed by atoms with Crippen LogP contribution in [0.2, 0.25) is 0 Å².